The van der Waals surface area contributed by atoms with Gasteiger partial charge in [0.15, 0.2) is 0 Å². The van der Waals surface area contributed by atoms with Gasteiger partial charge in [-0.25, -0.2) is 13.1 Å². The third kappa shape index (κ3) is 8.54. The van der Waals surface area contributed by atoms with E-state index in [1.807, 2.05) is 13.8 Å². The third-order valence-electron chi connectivity index (χ3n) is 2.50. The number of nitrogens with one attached hydrogen (secondary N) is 1. The fourth-order valence-electron chi connectivity index (χ4n) is 1.53. The van der Waals surface area contributed by atoms with Gasteiger partial charge >= 0.3 is 0 Å². The van der Waals surface area contributed by atoms with Gasteiger partial charge in [0.05, 0.1) is 12.4 Å². The third-order valence-corrected chi connectivity index (χ3v) is 3.85. The van der Waals surface area contributed by atoms with Gasteiger partial charge in [-0.3, -0.25) is 0 Å². The molecular formula is C14H24N2O4S. The van der Waals surface area contributed by atoms with Gasteiger partial charge in [-0.15, -0.1) is 0 Å². The standard InChI is InChI=1S/C14H24N2O4S/c1-12(2)11-19-7-6-16-21(17,18)9-8-20-14-5-3-4-13(15)10-14/h3-5,10,12,16H,6-9,11,15H2,1-2H3. The first-order valence-electron chi connectivity index (χ1n) is 6.92. The molecule has 6 nitrogen and oxygen atoms in total. The van der Waals surface area contributed by atoms with Crippen molar-refractivity contribution in [3.8, 4) is 5.75 Å². The van der Waals surface area contributed by atoms with Crippen LogP contribution in [0.5, 0.6) is 5.75 Å². The molecule has 0 aliphatic carbocycles. The Bertz CT molecular complexity index is 517. The van der Waals surface area contributed by atoms with Crippen molar-refractivity contribution < 1.29 is 17.9 Å². The molecule has 0 aromatic heterocycles. The van der Waals surface area contributed by atoms with E-state index >= 15 is 0 Å². The van der Waals surface area contributed by atoms with E-state index in [0.717, 1.165) is 0 Å². The zero-order valence-corrected chi connectivity index (χ0v) is 13.4. The molecule has 1 aromatic carbocycles. The minimum absolute atomic E-state index is 0.0750. The highest BCUT2D eigenvalue weighted by Gasteiger charge is 2.09. The summed E-state index contributed by atoms with van der Waals surface area (Å²) in [6, 6.07) is 6.88. The number of anilines is 1. The van der Waals surface area contributed by atoms with Gasteiger partial charge in [0.2, 0.25) is 10.0 Å². The highest BCUT2D eigenvalue weighted by molar-refractivity contribution is 7.89. The van der Waals surface area contributed by atoms with Gasteiger partial charge in [0.25, 0.3) is 0 Å². The van der Waals surface area contributed by atoms with E-state index in [-0.39, 0.29) is 18.9 Å². The van der Waals surface area contributed by atoms with Gasteiger partial charge in [-0.05, 0) is 18.1 Å². The highest BCUT2D eigenvalue weighted by Crippen LogP contribution is 2.14. The number of nitrogens with two attached hydrogens (primary N) is 1. The molecule has 0 fully saturated rings. The smallest absolute Gasteiger partial charge is 0.215 e. The molecule has 0 saturated heterocycles. The molecular weight excluding hydrogens is 292 g/mol. The number of rotatable bonds is 10. The summed E-state index contributed by atoms with van der Waals surface area (Å²) in [6.07, 6.45) is 0. The maximum absolute atomic E-state index is 11.7. The quantitative estimate of drug-likeness (QED) is 0.500. The summed E-state index contributed by atoms with van der Waals surface area (Å²) in [5, 5.41) is 0. The lowest BCUT2D eigenvalue weighted by Gasteiger charge is -2.10. The summed E-state index contributed by atoms with van der Waals surface area (Å²) in [5.41, 5.74) is 6.19. The van der Waals surface area contributed by atoms with Crippen LogP contribution in [0, 0.1) is 5.92 Å². The number of nitrogen functional groups attached to an aromatic ring is 1. The molecule has 21 heavy (non-hydrogen) atoms. The Labute approximate surface area is 126 Å². The minimum Gasteiger partial charge on any atom is -0.492 e. The lowest BCUT2D eigenvalue weighted by atomic mass is 10.2. The van der Waals surface area contributed by atoms with E-state index in [9.17, 15) is 8.42 Å². The number of sulfonamides is 1. The molecule has 0 heterocycles. The Balaban J connectivity index is 2.20. The van der Waals surface area contributed by atoms with E-state index in [1.54, 1.807) is 24.3 Å². The Hall–Kier alpha value is -1.31. The summed E-state index contributed by atoms with van der Waals surface area (Å²) >= 11 is 0. The van der Waals surface area contributed by atoms with Crippen LogP contribution in [0.15, 0.2) is 24.3 Å². The largest absolute Gasteiger partial charge is 0.492 e. The second kappa shape index (κ2) is 8.86. The molecule has 0 atom stereocenters. The van der Waals surface area contributed by atoms with E-state index in [2.05, 4.69) is 4.72 Å². The van der Waals surface area contributed by atoms with Gasteiger partial charge in [0.1, 0.15) is 12.4 Å². The monoisotopic (exact) mass is 316 g/mol. The van der Waals surface area contributed by atoms with E-state index in [4.69, 9.17) is 15.2 Å². The minimum atomic E-state index is -3.35. The van der Waals surface area contributed by atoms with Crippen LogP contribution in [-0.2, 0) is 14.8 Å². The van der Waals surface area contributed by atoms with Crippen LogP contribution in [0.4, 0.5) is 5.69 Å². The molecule has 0 radical (unpaired) electrons. The van der Waals surface area contributed by atoms with Crippen LogP contribution in [0.3, 0.4) is 0 Å². The Morgan fingerprint density at radius 2 is 2.05 bits per heavy atom. The van der Waals surface area contributed by atoms with Gasteiger partial charge in [-0.2, -0.15) is 0 Å². The zero-order valence-electron chi connectivity index (χ0n) is 12.5. The zero-order chi connectivity index (χ0) is 15.7. The molecule has 0 aliphatic heterocycles. The highest BCUT2D eigenvalue weighted by atomic mass is 32.2. The Morgan fingerprint density at radius 1 is 1.29 bits per heavy atom. The first-order chi connectivity index (χ1) is 9.89. The molecule has 0 amide bonds. The molecule has 1 aromatic rings. The summed E-state index contributed by atoms with van der Waals surface area (Å²) in [5.74, 6) is 0.894. The summed E-state index contributed by atoms with van der Waals surface area (Å²) in [6.45, 7) is 5.42. The maximum atomic E-state index is 11.7. The first kappa shape index (κ1) is 17.7. The van der Waals surface area contributed by atoms with Crippen molar-refractivity contribution in [3.63, 3.8) is 0 Å². The Morgan fingerprint density at radius 3 is 2.71 bits per heavy atom. The lowest BCUT2D eigenvalue weighted by Crippen LogP contribution is -2.32. The summed E-state index contributed by atoms with van der Waals surface area (Å²) in [4.78, 5) is 0. The van der Waals surface area contributed by atoms with Crippen LogP contribution >= 0.6 is 0 Å². The average Bonchev–Trinajstić information content (AvgIpc) is 2.37. The summed E-state index contributed by atoms with van der Waals surface area (Å²) in [7, 11) is -3.35. The van der Waals surface area contributed by atoms with Crippen LogP contribution in [0.25, 0.3) is 0 Å². The molecule has 120 valence electrons. The molecule has 0 spiro atoms. The SMILES string of the molecule is CC(C)COCCNS(=O)(=O)CCOc1cccc(N)c1. The van der Waals surface area contributed by atoms with Crippen molar-refractivity contribution in [2.45, 2.75) is 13.8 Å². The fraction of sp³-hybridized carbons (Fsp3) is 0.571. The molecule has 3 N–H and O–H groups in total. The van der Waals surface area contributed by atoms with Crippen LogP contribution < -0.4 is 15.2 Å². The van der Waals surface area contributed by atoms with Crippen LogP contribution in [0.1, 0.15) is 13.8 Å². The second-order valence-electron chi connectivity index (χ2n) is 5.10. The molecule has 0 aliphatic rings. The van der Waals surface area contributed by atoms with Crippen molar-refractivity contribution in [3.05, 3.63) is 24.3 Å². The van der Waals surface area contributed by atoms with Crippen LogP contribution in [0.2, 0.25) is 0 Å². The topological polar surface area (TPSA) is 90.6 Å². The Kier molecular flexibility index (Phi) is 7.49. The van der Waals surface area contributed by atoms with E-state index in [0.29, 0.717) is 30.6 Å². The number of benzene rings is 1. The van der Waals surface area contributed by atoms with E-state index in [1.165, 1.54) is 0 Å². The first-order valence-corrected chi connectivity index (χ1v) is 8.58. The van der Waals surface area contributed by atoms with Gasteiger partial charge in [-0.1, -0.05) is 19.9 Å². The molecule has 0 bridgehead atoms. The lowest BCUT2D eigenvalue weighted by molar-refractivity contribution is 0.114. The number of hydrogen-bond acceptors (Lipinski definition) is 5. The fourth-order valence-corrected chi connectivity index (χ4v) is 2.38. The molecule has 1 rings (SSSR count). The normalized spacial score (nSPS) is 11.8. The average molecular weight is 316 g/mol. The summed E-state index contributed by atoms with van der Waals surface area (Å²) < 4.78 is 36.6. The maximum Gasteiger partial charge on any atom is 0.215 e. The van der Waals surface area contributed by atoms with Crippen molar-refractivity contribution in [1.29, 1.82) is 0 Å². The van der Waals surface area contributed by atoms with Crippen LogP contribution in [-0.4, -0.2) is 40.5 Å². The molecule has 0 saturated carbocycles. The van der Waals surface area contributed by atoms with Crippen molar-refractivity contribution in [1.82, 2.24) is 4.72 Å². The van der Waals surface area contributed by atoms with Crippen molar-refractivity contribution in [2.24, 2.45) is 5.92 Å². The molecule has 7 heteroatoms. The number of hydrogen-bond donors (Lipinski definition) is 2. The molecule has 0 unspecified atom stereocenters. The van der Waals surface area contributed by atoms with E-state index < -0.39 is 10.0 Å². The predicted octanol–water partition coefficient (Wildman–Crippen LogP) is 1.24. The second-order valence-corrected chi connectivity index (χ2v) is 7.03. The van der Waals surface area contributed by atoms with Crippen molar-refractivity contribution >= 4 is 15.7 Å². The van der Waals surface area contributed by atoms with Gasteiger partial charge in [0, 0.05) is 24.9 Å². The van der Waals surface area contributed by atoms with Gasteiger partial charge < -0.3 is 15.2 Å². The predicted molar refractivity (Wildman–Crippen MR) is 83.8 cm³/mol. The number of ether oxygens (including phenoxy) is 2. The van der Waals surface area contributed by atoms with Crippen molar-refractivity contribution in [2.75, 3.05) is 37.9 Å².